The van der Waals surface area contributed by atoms with Crippen molar-refractivity contribution in [2.45, 2.75) is 13.0 Å². The number of benzene rings is 3. The van der Waals surface area contributed by atoms with Crippen LogP contribution in [0.15, 0.2) is 89.9 Å². The lowest BCUT2D eigenvalue weighted by atomic mass is 10.1. The molecule has 4 rings (SSSR count). The molecule has 0 aliphatic heterocycles. The summed E-state index contributed by atoms with van der Waals surface area (Å²) in [5, 5.41) is 1.55. The van der Waals surface area contributed by atoms with Gasteiger partial charge in [0.05, 0.1) is 5.56 Å². The predicted octanol–water partition coefficient (Wildman–Crippen LogP) is 4.83. The number of nitrogens with zero attached hydrogens (tertiary/aromatic N) is 2. The molecule has 0 unspecified atom stereocenters. The van der Waals surface area contributed by atoms with Crippen LogP contribution in [0, 0.1) is 0 Å². The number of hydroxylamine groups is 1. The van der Waals surface area contributed by atoms with E-state index in [0.717, 1.165) is 19.5 Å². The van der Waals surface area contributed by atoms with Crippen molar-refractivity contribution in [3.8, 4) is 5.69 Å². The molecule has 0 spiro atoms. The Kier molecular flexibility index (Phi) is 7.75. The highest BCUT2D eigenvalue weighted by molar-refractivity contribution is 6.30. The van der Waals surface area contributed by atoms with E-state index in [2.05, 4.69) is 29.6 Å². The van der Waals surface area contributed by atoms with Crippen LogP contribution < -0.4 is 11.0 Å². The number of halogens is 1. The zero-order valence-electron chi connectivity index (χ0n) is 18.9. The summed E-state index contributed by atoms with van der Waals surface area (Å²) >= 11 is 5.99. The monoisotopic (exact) mass is 475 g/mol. The van der Waals surface area contributed by atoms with E-state index < -0.39 is 5.97 Å². The maximum atomic E-state index is 13.0. The van der Waals surface area contributed by atoms with Crippen molar-refractivity contribution in [2.24, 2.45) is 0 Å². The standard InChI is InChI=1S/C27H26ClN3O3/c1-30(18-20-8-3-2-4-9-20)17-7-16-29-34-27(33)25-19-31(22-14-12-21(28)13-15-22)26(32)24-11-6-5-10-23(24)25/h2-6,8-15,19,29H,7,16-18H2,1H3. The Labute approximate surface area is 203 Å². The van der Waals surface area contributed by atoms with E-state index in [4.69, 9.17) is 16.4 Å². The number of nitrogens with one attached hydrogen (secondary N) is 1. The van der Waals surface area contributed by atoms with Crippen LogP contribution in [-0.2, 0) is 11.4 Å². The van der Waals surface area contributed by atoms with Crippen molar-refractivity contribution in [3.05, 3.63) is 112 Å². The second-order valence-electron chi connectivity index (χ2n) is 8.10. The number of pyridine rings is 1. The molecule has 34 heavy (non-hydrogen) atoms. The molecule has 3 aromatic carbocycles. The highest BCUT2D eigenvalue weighted by Gasteiger charge is 2.17. The van der Waals surface area contributed by atoms with Gasteiger partial charge in [-0.2, -0.15) is 5.48 Å². The molecule has 0 saturated heterocycles. The van der Waals surface area contributed by atoms with E-state index in [9.17, 15) is 9.59 Å². The number of aromatic nitrogens is 1. The number of rotatable bonds is 9. The van der Waals surface area contributed by atoms with Crippen LogP contribution in [-0.4, -0.2) is 35.6 Å². The van der Waals surface area contributed by atoms with Crippen LogP contribution in [0.25, 0.3) is 16.5 Å². The first-order valence-electron chi connectivity index (χ1n) is 11.1. The number of hydrogen-bond donors (Lipinski definition) is 1. The third kappa shape index (κ3) is 5.72. The van der Waals surface area contributed by atoms with Crippen LogP contribution >= 0.6 is 11.6 Å². The van der Waals surface area contributed by atoms with E-state index in [1.807, 2.05) is 18.2 Å². The molecular formula is C27H26ClN3O3. The minimum atomic E-state index is -0.545. The molecule has 174 valence electrons. The van der Waals surface area contributed by atoms with Crippen molar-refractivity contribution >= 4 is 28.3 Å². The number of hydrogen-bond acceptors (Lipinski definition) is 5. The van der Waals surface area contributed by atoms with E-state index >= 15 is 0 Å². The molecule has 4 aromatic rings. The lowest BCUT2D eigenvalue weighted by Crippen LogP contribution is -2.27. The molecule has 0 bridgehead atoms. The summed E-state index contributed by atoms with van der Waals surface area (Å²) in [6.07, 6.45) is 2.33. The molecule has 0 saturated carbocycles. The van der Waals surface area contributed by atoms with Crippen LogP contribution in [0.5, 0.6) is 0 Å². The highest BCUT2D eigenvalue weighted by atomic mass is 35.5. The van der Waals surface area contributed by atoms with Crippen molar-refractivity contribution in [1.29, 1.82) is 0 Å². The predicted molar refractivity (Wildman–Crippen MR) is 135 cm³/mol. The van der Waals surface area contributed by atoms with Crippen LogP contribution in [0.1, 0.15) is 22.3 Å². The number of carbonyl (C=O) groups excluding carboxylic acids is 1. The molecule has 0 atom stereocenters. The van der Waals surface area contributed by atoms with Gasteiger partial charge in [0.15, 0.2) is 0 Å². The quantitative estimate of drug-likeness (QED) is 0.277. The van der Waals surface area contributed by atoms with Gasteiger partial charge in [0.2, 0.25) is 0 Å². The zero-order valence-corrected chi connectivity index (χ0v) is 19.7. The SMILES string of the molecule is CN(CCCNOC(=O)c1cn(-c2ccc(Cl)cc2)c(=O)c2ccccc12)Cc1ccccc1. The van der Waals surface area contributed by atoms with Gasteiger partial charge < -0.3 is 9.74 Å². The van der Waals surface area contributed by atoms with Gasteiger partial charge in [0, 0.05) is 40.8 Å². The van der Waals surface area contributed by atoms with Gasteiger partial charge in [-0.05, 0) is 55.9 Å². The second kappa shape index (κ2) is 11.1. The molecule has 7 heteroatoms. The maximum absolute atomic E-state index is 13.0. The Hall–Kier alpha value is -3.45. The van der Waals surface area contributed by atoms with Crippen LogP contribution in [0.3, 0.4) is 0 Å². The maximum Gasteiger partial charge on any atom is 0.358 e. The fourth-order valence-electron chi connectivity index (χ4n) is 3.81. The Bertz CT molecular complexity index is 1320. The van der Waals surface area contributed by atoms with Gasteiger partial charge in [0.1, 0.15) is 0 Å². The van der Waals surface area contributed by atoms with Gasteiger partial charge in [-0.1, -0.05) is 60.1 Å². The third-order valence-electron chi connectivity index (χ3n) is 5.53. The topological polar surface area (TPSA) is 63.6 Å². The summed E-state index contributed by atoms with van der Waals surface area (Å²) in [4.78, 5) is 33.5. The van der Waals surface area contributed by atoms with Crippen molar-refractivity contribution < 1.29 is 9.63 Å². The second-order valence-corrected chi connectivity index (χ2v) is 8.54. The Morgan fingerprint density at radius 2 is 1.65 bits per heavy atom. The first-order chi connectivity index (χ1) is 16.5. The number of carbonyl (C=O) groups is 1. The molecule has 0 aliphatic rings. The molecule has 6 nitrogen and oxygen atoms in total. The summed E-state index contributed by atoms with van der Waals surface area (Å²) in [5.74, 6) is -0.545. The molecule has 0 aliphatic carbocycles. The van der Waals surface area contributed by atoms with Gasteiger partial charge in [0.25, 0.3) is 5.56 Å². The van der Waals surface area contributed by atoms with E-state index in [-0.39, 0.29) is 5.56 Å². The molecule has 0 fully saturated rings. The van der Waals surface area contributed by atoms with Crippen LogP contribution in [0.4, 0.5) is 0 Å². The van der Waals surface area contributed by atoms with E-state index in [1.54, 1.807) is 48.5 Å². The average Bonchev–Trinajstić information content (AvgIpc) is 2.85. The fraction of sp³-hybridized carbons (Fsp3) is 0.185. The molecular weight excluding hydrogens is 450 g/mol. The minimum Gasteiger partial charge on any atom is -0.367 e. The lowest BCUT2D eigenvalue weighted by molar-refractivity contribution is 0.0249. The van der Waals surface area contributed by atoms with Crippen molar-refractivity contribution in [3.63, 3.8) is 0 Å². The highest BCUT2D eigenvalue weighted by Crippen LogP contribution is 2.19. The summed E-state index contributed by atoms with van der Waals surface area (Å²) in [6.45, 7) is 2.22. The van der Waals surface area contributed by atoms with Crippen molar-refractivity contribution in [2.75, 3.05) is 20.1 Å². The van der Waals surface area contributed by atoms with Gasteiger partial charge >= 0.3 is 5.97 Å². The zero-order chi connectivity index (χ0) is 23.9. The molecule has 0 radical (unpaired) electrons. The fourth-order valence-corrected chi connectivity index (χ4v) is 3.94. The van der Waals surface area contributed by atoms with E-state index in [0.29, 0.717) is 33.6 Å². The van der Waals surface area contributed by atoms with Crippen LogP contribution in [0.2, 0.25) is 5.02 Å². The van der Waals surface area contributed by atoms with Gasteiger partial charge in [-0.25, -0.2) is 4.79 Å². The first-order valence-corrected chi connectivity index (χ1v) is 11.5. The molecule has 1 heterocycles. The smallest absolute Gasteiger partial charge is 0.358 e. The molecule has 1 aromatic heterocycles. The summed E-state index contributed by atoms with van der Waals surface area (Å²) < 4.78 is 1.44. The Morgan fingerprint density at radius 3 is 2.38 bits per heavy atom. The lowest BCUT2D eigenvalue weighted by Gasteiger charge is -2.16. The third-order valence-corrected chi connectivity index (χ3v) is 5.78. The van der Waals surface area contributed by atoms with E-state index in [1.165, 1.54) is 16.3 Å². The molecule has 1 N–H and O–H groups in total. The molecule has 0 amide bonds. The summed E-state index contributed by atoms with van der Waals surface area (Å²) in [5.41, 5.74) is 4.72. The number of fused-ring (bicyclic) bond motifs is 1. The summed E-state index contributed by atoms with van der Waals surface area (Å²) in [6, 6.07) is 24.2. The average molecular weight is 476 g/mol. The largest absolute Gasteiger partial charge is 0.367 e. The first kappa shape index (κ1) is 23.7. The van der Waals surface area contributed by atoms with Gasteiger partial charge in [-0.15, -0.1) is 0 Å². The van der Waals surface area contributed by atoms with Gasteiger partial charge in [-0.3, -0.25) is 9.36 Å². The summed E-state index contributed by atoms with van der Waals surface area (Å²) in [7, 11) is 2.06. The Balaban J connectivity index is 1.41. The normalized spacial score (nSPS) is 11.1. The Morgan fingerprint density at radius 1 is 0.971 bits per heavy atom. The minimum absolute atomic E-state index is 0.219. The van der Waals surface area contributed by atoms with Crippen molar-refractivity contribution in [1.82, 2.24) is 14.9 Å².